The Balaban J connectivity index is 1.60. The van der Waals surface area contributed by atoms with Gasteiger partial charge >= 0.3 is 0 Å². The summed E-state index contributed by atoms with van der Waals surface area (Å²) in [5.41, 5.74) is 1.79. The van der Waals surface area contributed by atoms with E-state index in [1.807, 2.05) is 6.07 Å². The fraction of sp³-hybridized carbons (Fsp3) is 0.158. The van der Waals surface area contributed by atoms with Crippen molar-refractivity contribution in [3.63, 3.8) is 0 Å². The molecule has 1 aliphatic heterocycles. The van der Waals surface area contributed by atoms with Crippen molar-refractivity contribution >= 4 is 11.8 Å². The maximum Gasteiger partial charge on any atom is 0.258 e. The molecule has 1 N–H and O–H groups in total. The van der Waals surface area contributed by atoms with Crippen LogP contribution in [0.3, 0.4) is 0 Å². The number of anilines is 1. The third-order valence-corrected chi connectivity index (χ3v) is 4.13. The molecule has 0 fully saturated rings. The number of methoxy groups -OCH3 is 2. The minimum absolute atomic E-state index is 0.145. The van der Waals surface area contributed by atoms with E-state index in [2.05, 4.69) is 10.5 Å². The summed E-state index contributed by atoms with van der Waals surface area (Å²) in [6.45, 7) is 0.145. The summed E-state index contributed by atoms with van der Waals surface area (Å²) in [7, 11) is 3.12. The van der Waals surface area contributed by atoms with Gasteiger partial charge in [0.05, 0.1) is 26.0 Å². The van der Waals surface area contributed by atoms with Crippen LogP contribution in [0.15, 0.2) is 47.1 Å². The Labute approximate surface area is 154 Å². The molecular weight excluding hydrogens is 352 g/mol. The molecule has 8 heteroatoms. The first-order valence-electron chi connectivity index (χ1n) is 8.07. The van der Waals surface area contributed by atoms with Crippen molar-refractivity contribution in [2.75, 3.05) is 26.3 Å². The fourth-order valence-corrected chi connectivity index (χ4v) is 2.75. The van der Waals surface area contributed by atoms with E-state index in [-0.39, 0.29) is 18.6 Å². The van der Waals surface area contributed by atoms with Crippen molar-refractivity contribution in [3.05, 3.63) is 48.2 Å². The van der Waals surface area contributed by atoms with E-state index in [9.17, 15) is 4.79 Å². The van der Waals surface area contributed by atoms with Crippen LogP contribution < -0.4 is 24.3 Å². The first-order chi connectivity index (χ1) is 13.2. The SMILES string of the molecule is COc1ccc(-c2cnoc2NC(=O)c2ccc3c(c2)OCO3)cc1OC. The lowest BCUT2D eigenvalue weighted by Gasteiger charge is -2.09. The number of nitrogens with zero attached hydrogens (tertiary/aromatic N) is 1. The molecule has 2 heterocycles. The molecule has 1 aliphatic rings. The van der Waals surface area contributed by atoms with Crippen LogP contribution in [0.5, 0.6) is 23.0 Å². The van der Waals surface area contributed by atoms with Gasteiger partial charge in [-0.3, -0.25) is 10.1 Å². The van der Waals surface area contributed by atoms with E-state index in [0.29, 0.717) is 34.1 Å². The molecule has 1 amide bonds. The molecule has 138 valence electrons. The maximum atomic E-state index is 12.6. The average molecular weight is 368 g/mol. The normalized spacial score (nSPS) is 11.9. The Hall–Kier alpha value is -3.68. The number of hydrogen-bond donors (Lipinski definition) is 1. The van der Waals surface area contributed by atoms with E-state index < -0.39 is 0 Å². The number of rotatable bonds is 5. The molecule has 0 aliphatic carbocycles. The number of amides is 1. The molecule has 0 spiro atoms. The first-order valence-corrected chi connectivity index (χ1v) is 8.07. The highest BCUT2D eigenvalue weighted by atomic mass is 16.7. The number of hydrogen-bond acceptors (Lipinski definition) is 7. The second kappa shape index (κ2) is 6.91. The molecule has 0 bridgehead atoms. The van der Waals surface area contributed by atoms with E-state index in [1.54, 1.807) is 44.6 Å². The van der Waals surface area contributed by atoms with Gasteiger partial charge in [-0.25, -0.2) is 0 Å². The molecule has 0 saturated heterocycles. The summed E-state index contributed by atoms with van der Waals surface area (Å²) >= 11 is 0. The van der Waals surface area contributed by atoms with Crippen molar-refractivity contribution in [1.82, 2.24) is 5.16 Å². The first kappa shape index (κ1) is 16.8. The molecule has 0 radical (unpaired) electrons. The topological polar surface area (TPSA) is 92.1 Å². The summed E-state index contributed by atoms with van der Waals surface area (Å²) in [5.74, 6) is 2.17. The van der Waals surface area contributed by atoms with Gasteiger partial charge in [-0.15, -0.1) is 0 Å². The van der Waals surface area contributed by atoms with Crippen LogP contribution in [0, 0.1) is 0 Å². The lowest BCUT2D eigenvalue weighted by atomic mass is 10.1. The Kier molecular flexibility index (Phi) is 4.29. The molecule has 2 aromatic carbocycles. The molecule has 8 nitrogen and oxygen atoms in total. The number of benzene rings is 2. The zero-order valence-electron chi connectivity index (χ0n) is 14.6. The Morgan fingerprint density at radius 1 is 1.04 bits per heavy atom. The zero-order valence-corrected chi connectivity index (χ0v) is 14.6. The standard InChI is InChI=1S/C19H16N2O6/c1-23-14-5-3-11(7-16(14)24-2)13-9-20-27-19(13)21-18(22)12-4-6-15-17(8-12)26-10-25-15/h3-9H,10H2,1-2H3,(H,21,22). The fourth-order valence-electron chi connectivity index (χ4n) is 2.75. The van der Waals surface area contributed by atoms with Crippen LogP contribution in [0.4, 0.5) is 5.88 Å². The van der Waals surface area contributed by atoms with E-state index in [0.717, 1.165) is 5.56 Å². The third-order valence-electron chi connectivity index (χ3n) is 4.13. The highest BCUT2D eigenvalue weighted by molar-refractivity contribution is 6.05. The zero-order chi connectivity index (χ0) is 18.8. The van der Waals surface area contributed by atoms with Gasteiger partial charge in [-0.05, 0) is 35.9 Å². The van der Waals surface area contributed by atoms with Crippen LogP contribution in [0.1, 0.15) is 10.4 Å². The van der Waals surface area contributed by atoms with Crippen molar-refractivity contribution in [1.29, 1.82) is 0 Å². The number of carbonyl (C=O) groups is 1. The summed E-state index contributed by atoms with van der Waals surface area (Å²) in [6.07, 6.45) is 1.52. The second-order valence-corrected chi connectivity index (χ2v) is 5.66. The minimum Gasteiger partial charge on any atom is -0.493 e. The van der Waals surface area contributed by atoms with Gasteiger partial charge in [-0.1, -0.05) is 11.2 Å². The van der Waals surface area contributed by atoms with Crippen LogP contribution >= 0.6 is 0 Å². The maximum absolute atomic E-state index is 12.6. The van der Waals surface area contributed by atoms with Gasteiger partial charge in [0.2, 0.25) is 12.7 Å². The van der Waals surface area contributed by atoms with Crippen molar-refractivity contribution in [2.24, 2.45) is 0 Å². The predicted octanol–water partition coefficient (Wildman–Crippen LogP) is 3.34. The molecular formula is C19H16N2O6. The van der Waals surface area contributed by atoms with Gasteiger partial charge in [-0.2, -0.15) is 0 Å². The monoisotopic (exact) mass is 368 g/mol. The highest BCUT2D eigenvalue weighted by Gasteiger charge is 2.19. The molecule has 0 atom stereocenters. The molecule has 0 unspecified atom stereocenters. The van der Waals surface area contributed by atoms with Crippen LogP contribution in [0.25, 0.3) is 11.1 Å². The van der Waals surface area contributed by atoms with E-state index >= 15 is 0 Å². The summed E-state index contributed by atoms with van der Waals surface area (Å²) in [5, 5.41) is 6.52. The van der Waals surface area contributed by atoms with Crippen molar-refractivity contribution in [3.8, 4) is 34.1 Å². The third kappa shape index (κ3) is 3.12. The average Bonchev–Trinajstić information content (AvgIpc) is 3.35. The quantitative estimate of drug-likeness (QED) is 0.738. The number of carbonyl (C=O) groups excluding carboxylic acids is 1. The van der Waals surface area contributed by atoms with Crippen LogP contribution in [-0.2, 0) is 0 Å². The Morgan fingerprint density at radius 2 is 1.85 bits per heavy atom. The minimum atomic E-state index is -0.355. The van der Waals surface area contributed by atoms with Crippen LogP contribution in [-0.4, -0.2) is 32.1 Å². The second-order valence-electron chi connectivity index (χ2n) is 5.66. The summed E-state index contributed by atoms with van der Waals surface area (Å²) in [4.78, 5) is 12.6. The number of nitrogens with one attached hydrogen (secondary N) is 1. The number of fused-ring (bicyclic) bond motifs is 1. The molecule has 27 heavy (non-hydrogen) atoms. The molecule has 1 aromatic heterocycles. The molecule has 4 rings (SSSR count). The van der Waals surface area contributed by atoms with Gasteiger partial charge in [0.25, 0.3) is 5.91 Å². The van der Waals surface area contributed by atoms with Crippen LogP contribution in [0.2, 0.25) is 0 Å². The lowest BCUT2D eigenvalue weighted by Crippen LogP contribution is -2.11. The smallest absolute Gasteiger partial charge is 0.258 e. The van der Waals surface area contributed by atoms with Gasteiger partial charge in [0.1, 0.15) is 0 Å². The molecule has 0 saturated carbocycles. The lowest BCUT2D eigenvalue weighted by molar-refractivity contribution is 0.102. The predicted molar refractivity (Wildman–Crippen MR) is 95.6 cm³/mol. The summed E-state index contributed by atoms with van der Waals surface area (Å²) < 4.78 is 26.3. The Bertz CT molecular complexity index is 998. The van der Waals surface area contributed by atoms with Crippen molar-refractivity contribution < 1.29 is 28.3 Å². The van der Waals surface area contributed by atoms with Gasteiger partial charge < -0.3 is 23.5 Å². The highest BCUT2D eigenvalue weighted by Crippen LogP contribution is 2.36. The summed E-state index contributed by atoms with van der Waals surface area (Å²) in [6, 6.07) is 10.3. The largest absolute Gasteiger partial charge is 0.493 e. The van der Waals surface area contributed by atoms with E-state index in [1.165, 1.54) is 6.20 Å². The number of aromatic nitrogens is 1. The van der Waals surface area contributed by atoms with E-state index in [4.69, 9.17) is 23.5 Å². The van der Waals surface area contributed by atoms with Gasteiger partial charge in [0, 0.05) is 5.56 Å². The Morgan fingerprint density at radius 3 is 2.67 bits per heavy atom. The van der Waals surface area contributed by atoms with Crippen molar-refractivity contribution in [2.45, 2.75) is 0 Å². The van der Waals surface area contributed by atoms with Gasteiger partial charge in [0.15, 0.2) is 23.0 Å². The number of ether oxygens (including phenoxy) is 4. The molecule has 3 aromatic rings.